The average Bonchev–Trinajstić information content (AvgIpc) is 3.43. The fourth-order valence-corrected chi connectivity index (χ4v) is 4.85. The fraction of sp³-hybridized carbons (Fsp3) is 0.167. The van der Waals surface area contributed by atoms with E-state index in [4.69, 9.17) is 9.47 Å². The van der Waals surface area contributed by atoms with Crippen molar-refractivity contribution in [2.45, 2.75) is 13.0 Å². The van der Waals surface area contributed by atoms with Crippen LogP contribution in [0.4, 0.5) is 20.6 Å². The van der Waals surface area contributed by atoms with E-state index >= 15 is 0 Å². The number of ether oxygens (including phenoxy) is 2. The molecule has 0 bridgehead atoms. The Morgan fingerprint density at radius 1 is 1.05 bits per heavy atom. The number of fused-ring (bicyclic) bond motifs is 2. The number of hydrogen-bond acceptors (Lipinski definition) is 5. The van der Waals surface area contributed by atoms with Gasteiger partial charge in [-0.1, -0.05) is 40.7 Å². The molecule has 0 saturated carbocycles. The van der Waals surface area contributed by atoms with Gasteiger partial charge in [-0.15, -0.1) is 6.58 Å². The van der Waals surface area contributed by atoms with E-state index in [-0.39, 0.29) is 30.5 Å². The fourth-order valence-electron chi connectivity index (χ4n) is 4.51. The predicted molar refractivity (Wildman–Crippen MR) is 156 cm³/mol. The predicted octanol–water partition coefficient (Wildman–Crippen LogP) is 5.67. The number of carbonyl (C=O) groups is 3. The largest absolute Gasteiger partial charge is 0.454 e. The maximum absolute atomic E-state index is 14.3. The molecule has 4 amide bonds. The molecule has 0 aromatic heterocycles. The monoisotopic (exact) mass is 620 g/mol. The Bertz CT molecular complexity index is 1580. The number of amides is 4. The summed E-state index contributed by atoms with van der Waals surface area (Å²) in [5.74, 6) is -0.354. The Morgan fingerprint density at radius 2 is 1.85 bits per heavy atom. The number of hydrogen-bond donors (Lipinski definition) is 2. The maximum atomic E-state index is 14.3. The van der Waals surface area contributed by atoms with Crippen LogP contribution in [0.2, 0.25) is 0 Å². The third kappa shape index (κ3) is 5.94. The topological polar surface area (TPSA) is 100 Å². The lowest BCUT2D eigenvalue weighted by Gasteiger charge is -2.38. The van der Waals surface area contributed by atoms with Gasteiger partial charge >= 0.3 is 6.03 Å². The lowest BCUT2D eigenvalue weighted by atomic mass is 10.0. The van der Waals surface area contributed by atoms with E-state index in [2.05, 4.69) is 39.7 Å². The van der Waals surface area contributed by atoms with Crippen molar-refractivity contribution in [3.05, 3.63) is 101 Å². The highest BCUT2D eigenvalue weighted by molar-refractivity contribution is 9.10. The Balaban J connectivity index is 1.38. The molecule has 0 atom stereocenters. The highest BCUT2D eigenvalue weighted by atomic mass is 79.9. The van der Waals surface area contributed by atoms with Crippen LogP contribution in [-0.2, 0) is 11.3 Å². The molecule has 0 saturated heterocycles. The van der Waals surface area contributed by atoms with E-state index in [1.165, 1.54) is 21.9 Å². The first-order valence-corrected chi connectivity index (χ1v) is 13.5. The van der Waals surface area contributed by atoms with Crippen LogP contribution in [-0.4, -0.2) is 42.6 Å². The minimum atomic E-state index is -0.625. The highest BCUT2D eigenvalue weighted by Gasteiger charge is 2.34. The molecule has 3 aromatic rings. The number of anilines is 2. The van der Waals surface area contributed by atoms with Crippen molar-refractivity contribution < 1.29 is 28.2 Å². The summed E-state index contributed by atoms with van der Waals surface area (Å²) in [4.78, 5) is 42.4. The van der Waals surface area contributed by atoms with Gasteiger partial charge in [0.2, 0.25) is 12.7 Å². The Hall–Kier alpha value is -4.64. The molecule has 11 heteroatoms. The second-order valence-corrected chi connectivity index (χ2v) is 10.2. The molecule has 41 heavy (non-hydrogen) atoms. The minimum Gasteiger partial charge on any atom is -0.454 e. The van der Waals surface area contributed by atoms with E-state index in [0.717, 1.165) is 5.56 Å². The quantitative estimate of drug-likeness (QED) is 0.300. The van der Waals surface area contributed by atoms with Crippen molar-refractivity contribution in [2.24, 2.45) is 0 Å². The molecule has 2 aliphatic heterocycles. The summed E-state index contributed by atoms with van der Waals surface area (Å²) in [5.41, 5.74) is 2.46. The van der Waals surface area contributed by atoms with Gasteiger partial charge < -0.3 is 20.1 Å². The molecule has 0 aliphatic carbocycles. The number of nitrogens with one attached hydrogen (secondary N) is 2. The zero-order valence-electron chi connectivity index (χ0n) is 21.9. The highest BCUT2D eigenvalue weighted by Crippen LogP contribution is 2.36. The van der Waals surface area contributed by atoms with Crippen LogP contribution in [0, 0.1) is 5.82 Å². The summed E-state index contributed by atoms with van der Waals surface area (Å²) >= 11 is 3.19. The van der Waals surface area contributed by atoms with Crippen LogP contribution in [0.25, 0.3) is 5.70 Å². The molecule has 2 N–H and O–H groups in total. The maximum Gasteiger partial charge on any atom is 0.329 e. The van der Waals surface area contributed by atoms with Crippen LogP contribution in [0.15, 0.2) is 78.3 Å². The molecular weight excluding hydrogens is 595 g/mol. The van der Waals surface area contributed by atoms with Gasteiger partial charge in [0, 0.05) is 34.4 Å². The van der Waals surface area contributed by atoms with E-state index in [0.29, 0.717) is 45.9 Å². The van der Waals surface area contributed by atoms with Crippen LogP contribution in [0.3, 0.4) is 0 Å². The molecule has 0 fully saturated rings. The van der Waals surface area contributed by atoms with Crippen molar-refractivity contribution in [1.29, 1.82) is 0 Å². The molecule has 2 heterocycles. The smallest absolute Gasteiger partial charge is 0.329 e. The second-order valence-electron chi connectivity index (χ2n) is 9.32. The van der Waals surface area contributed by atoms with E-state index in [1.807, 2.05) is 6.07 Å². The third-order valence-electron chi connectivity index (χ3n) is 6.60. The zero-order valence-corrected chi connectivity index (χ0v) is 23.5. The second kappa shape index (κ2) is 11.8. The van der Waals surface area contributed by atoms with Crippen molar-refractivity contribution in [3.63, 3.8) is 0 Å². The van der Waals surface area contributed by atoms with Gasteiger partial charge in [0.25, 0.3) is 5.91 Å². The van der Waals surface area contributed by atoms with Crippen LogP contribution >= 0.6 is 15.9 Å². The summed E-state index contributed by atoms with van der Waals surface area (Å²) in [6.45, 7) is 8.08. The number of nitrogens with zero attached hydrogens (tertiary/aromatic N) is 2. The van der Waals surface area contributed by atoms with Crippen LogP contribution in [0.5, 0.6) is 11.5 Å². The minimum absolute atomic E-state index is 0.0209. The summed E-state index contributed by atoms with van der Waals surface area (Å²) in [6.07, 6.45) is 2.18. The Labute approximate surface area is 244 Å². The van der Waals surface area contributed by atoms with Gasteiger partial charge in [0.15, 0.2) is 11.5 Å². The molecule has 3 aromatic carbocycles. The van der Waals surface area contributed by atoms with Gasteiger partial charge in [0.05, 0.1) is 11.4 Å². The van der Waals surface area contributed by atoms with Gasteiger partial charge in [-0.05, 0) is 54.4 Å². The number of carbonyl (C=O) groups excluding carboxylic acids is 3. The first-order chi connectivity index (χ1) is 19.7. The summed E-state index contributed by atoms with van der Waals surface area (Å²) < 4.78 is 25.6. The first-order valence-electron chi connectivity index (χ1n) is 12.7. The zero-order chi connectivity index (χ0) is 29.1. The van der Waals surface area contributed by atoms with Crippen molar-refractivity contribution in [3.8, 4) is 11.5 Å². The number of halogens is 2. The van der Waals surface area contributed by atoms with Gasteiger partial charge in [0.1, 0.15) is 12.4 Å². The van der Waals surface area contributed by atoms with Crippen molar-refractivity contribution in [2.75, 3.05) is 30.1 Å². The molecule has 5 rings (SSSR count). The number of benzene rings is 3. The Morgan fingerprint density at radius 3 is 2.63 bits per heavy atom. The molecule has 210 valence electrons. The molecule has 0 unspecified atom stereocenters. The molecule has 2 aliphatic rings. The lowest BCUT2D eigenvalue weighted by molar-refractivity contribution is -0.114. The van der Waals surface area contributed by atoms with Crippen molar-refractivity contribution in [1.82, 2.24) is 10.2 Å². The van der Waals surface area contributed by atoms with Crippen LogP contribution in [0.1, 0.15) is 27.9 Å². The Kier molecular flexibility index (Phi) is 8.06. The van der Waals surface area contributed by atoms with E-state index in [9.17, 15) is 18.8 Å². The summed E-state index contributed by atoms with van der Waals surface area (Å²) in [5, 5.41) is 5.38. The molecule has 0 radical (unpaired) electrons. The third-order valence-corrected chi connectivity index (χ3v) is 7.10. The molecular formula is C30H26BrFN4O5. The van der Waals surface area contributed by atoms with Gasteiger partial charge in [-0.3, -0.25) is 19.4 Å². The lowest BCUT2D eigenvalue weighted by Crippen LogP contribution is -2.49. The van der Waals surface area contributed by atoms with E-state index < -0.39 is 24.3 Å². The molecule has 9 nitrogen and oxygen atoms in total. The van der Waals surface area contributed by atoms with E-state index in [1.54, 1.807) is 42.5 Å². The van der Waals surface area contributed by atoms with Crippen molar-refractivity contribution >= 4 is 50.8 Å². The average molecular weight is 621 g/mol. The normalized spacial score (nSPS) is 13.6. The van der Waals surface area contributed by atoms with Gasteiger partial charge in [-0.2, -0.15) is 0 Å². The van der Waals surface area contributed by atoms with Crippen LogP contribution < -0.4 is 25.0 Å². The number of urea groups is 1. The molecule has 0 spiro atoms. The SMILES string of the molecule is C=CCCN1C(=C)c2ccc(C(=O)NCc3ccc4c(c3)OCO4)cc2N(CC(=O)Nc2ccc(Br)cc2F)C1=O. The van der Waals surface area contributed by atoms with Gasteiger partial charge in [-0.25, -0.2) is 9.18 Å². The summed E-state index contributed by atoms with van der Waals surface area (Å²) in [6, 6.07) is 14.0. The standard InChI is InChI=1S/C30H26BrFN4O5/c1-3-4-11-35-18(2)22-8-6-20(29(38)33-15-19-5-10-26-27(12-19)41-17-40-26)13-25(22)36(30(35)39)16-28(37)34-24-9-7-21(31)14-23(24)32/h3,5-10,12-14H,1-2,4,11,15-17H2,(H,33,38)(H,34,37). The summed E-state index contributed by atoms with van der Waals surface area (Å²) in [7, 11) is 0. The first kappa shape index (κ1) is 27.9. The number of rotatable bonds is 9.